The van der Waals surface area contributed by atoms with Crippen molar-refractivity contribution in [3.8, 4) is 0 Å². The summed E-state index contributed by atoms with van der Waals surface area (Å²) in [6.07, 6.45) is 1.08. The fraction of sp³-hybridized carbons (Fsp3) is 0.417. The molecular formula is C12H17ClN2S. The zero-order valence-corrected chi connectivity index (χ0v) is 11.2. The van der Waals surface area contributed by atoms with E-state index in [1.165, 1.54) is 0 Å². The maximum atomic E-state index is 6.13. The lowest BCUT2D eigenvalue weighted by Crippen LogP contribution is -2.26. The molecule has 0 spiro atoms. The quantitative estimate of drug-likeness (QED) is 0.821. The average molecular weight is 257 g/mol. The smallest absolute Gasteiger partial charge is 0.107 e. The lowest BCUT2D eigenvalue weighted by Gasteiger charge is -2.25. The highest BCUT2D eigenvalue weighted by Crippen LogP contribution is 2.27. The molecular weight excluding hydrogens is 240 g/mol. The third-order valence-corrected chi connectivity index (χ3v) is 2.97. The Kier molecular flexibility index (Phi) is 5.03. The molecule has 0 heterocycles. The van der Waals surface area contributed by atoms with Crippen LogP contribution in [0.15, 0.2) is 18.2 Å². The largest absolute Gasteiger partial charge is 0.389 e. The summed E-state index contributed by atoms with van der Waals surface area (Å²) in [5.74, 6) is 0. The van der Waals surface area contributed by atoms with Gasteiger partial charge in [-0.25, -0.2) is 0 Å². The predicted octanol–water partition coefficient (Wildman–Crippen LogP) is 3.21. The van der Waals surface area contributed by atoms with E-state index >= 15 is 0 Å². The van der Waals surface area contributed by atoms with Gasteiger partial charge in [0.15, 0.2) is 0 Å². The van der Waals surface area contributed by atoms with Crippen LogP contribution >= 0.6 is 23.8 Å². The summed E-state index contributed by atoms with van der Waals surface area (Å²) in [6.45, 7) is 6.16. The highest BCUT2D eigenvalue weighted by atomic mass is 35.5. The van der Waals surface area contributed by atoms with Crippen LogP contribution < -0.4 is 10.6 Å². The third kappa shape index (κ3) is 2.86. The minimum Gasteiger partial charge on any atom is -0.389 e. The molecule has 88 valence electrons. The Bertz CT molecular complexity index is 379. The Balaban J connectivity index is 3.20. The molecule has 0 bridgehead atoms. The van der Waals surface area contributed by atoms with Crippen molar-refractivity contribution in [3.05, 3.63) is 28.8 Å². The molecule has 16 heavy (non-hydrogen) atoms. The highest BCUT2D eigenvalue weighted by molar-refractivity contribution is 7.80. The second kappa shape index (κ2) is 6.06. The Morgan fingerprint density at radius 3 is 2.62 bits per heavy atom. The van der Waals surface area contributed by atoms with Crippen LogP contribution in [0.4, 0.5) is 5.69 Å². The molecule has 0 amide bonds. The van der Waals surface area contributed by atoms with Gasteiger partial charge < -0.3 is 10.6 Å². The molecule has 0 saturated heterocycles. The molecule has 0 radical (unpaired) electrons. The SMILES string of the molecule is CCCN(CC)c1cccc(Cl)c1C(N)=S. The van der Waals surface area contributed by atoms with Gasteiger partial charge in [0, 0.05) is 18.8 Å². The molecule has 0 saturated carbocycles. The van der Waals surface area contributed by atoms with Gasteiger partial charge in [-0.1, -0.05) is 36.8 Å². The van der Waals surface area contributed by atoms with Gasteiger partial charge >= 0.3 is 0 Å². The number of rotatable bonds is 5. The van der Waals surface area contributed by atoms with E-state index in [0.717, 1.165) is 30.8 Å². The van der Waals surface area contributed by atoms with Crippen molar-refractivity contribution in [3.63, 3.8) is 0 Å². The molecule has 1 aromatic carbocycles. The maximum absolute atomic E-state index is 6.13. The normalized spacial score (nSPS) is 10.2. The zero-order valence-electron chi connectivity index (χ0n) is 9.66. The van der Waals surface area contributed by atoms with Crippen molar-refractivity contribution >= 4 is 34.5 Å². The van der Waals surface area contributed by atoms with E-state index in [1.807, 2.05) is 18.2 Å². The van der Waals surface area contributed by atoms with Crippen LogP contribution in [-0.4, -0.2) is 18.1 Å². The molecule has 0 aromatic heterocycles. The van der Waals surface area contributed by atoms with Gasteiger partial charge in [0.2, 0.25) is 0 Å². The van der Waals surface area contributed by atoms with Crippen molar-refractivity contribution < 1.29 is 0 Å². The maximum Gasteiger partial charge on any atom is 0.107 e. The zero-order chi connectivity index (χ0) is 12.1. The lowest BCUT2D eigenvalue weighted by molar-refractivity contribution is 0.791. The number of hydrogen-bond acceptors (Lipinski definition) is 2. The Morgan fingerprint density at radius 2 is 2.12 bits per heavy atom. The van der Waals surface area contributed by atoms with Crippen LogP contribution in [0.3, 0.4) is 0 Å². The molecule has 2 nitrogen and oxygen atoms in total. The lowest BCUT2D eigenvalue weighted by atomic mass is 10.1. The molecule has 0 aliphatic carbocycles. The Labute approximate surface area is 107 Å². The van der Waals surface area contributed by atoms with E-state index in [9.17, 15) is 0 Å². The van der Waals surface area contributed by atoms with E-state index in [4.69, 9.17) is 29.6 Å². The first kappa shape index (κ1) is 13.3. The van der Waals surface area contributed by atoms with E-state index in [2.05, 4.69) is 18.7 Å². The standard InChI is InChI=1S/C12H17ClN2S/c1-3-8-15(4-2)10-7-5-6-9(13)11(10)12(14)16/h5-7H,3-4,8H2,1-2H3,(H2,14,16). The second-order valence-corrected chi connectivity index (χ2v) is 4.42. The fourth-order valence-electron chi connectivity index (χ4n) is 1.74. The summed E-state index contributed by atoms with van der Waals surface area (Å²) in [5.41, 5.74) is 7.54. The summed E-state index contributed by atoms with van der Waals surface area (Å²) >= 11 is 11.2. The molecule has 0 aliphatic heterocycles. The monoisotopic (exact) mass is 256 g/mol. The van der Waals surface area contributed by atoms with Crippen LogP contribution in [0, 0.1) is 0 Å². The number of hydrogen-bond donors (Lipinski definition) is 1. The van der Waals surface area contributed by atoms with E-state index in [1.54, 1.807) is 0 Å². The van der Waals surface area contributed by atoms with Crippen molar-refractivity contribution in [2.45, 2.75) is 20.3 Å². The number of benzene rings is 1. The summed E-state index contributed by atoms with van der Waals surface area (Å²) in [5, 5.41) is 0.625. The van der Waals surface area contributed by atoms with Crippen LogP contribution in [-0.2, 0) is 0 Å². The minimum atomic E-state index is 0.357. The third-order valence-electron chi connectivity index (χ3n) is 2.45. The summed E-state index contributed by atoms with van der Waals surface area (Å²) in [7, 11) is 0. The van der Waals surface area contributed by atoms with Gasteiger partial charge in [-0.2, -0.15) is 0 Å². The molecule has 1 rings (SSSR count). The number of nitrogens with zero attached hydrogens (tertiary/aromatic N) is 1. The fourth-order valence-corrected chi connectivity index (χ4v) is 2.28. The van der Waals surface area contributed by atoms with Gasteiger partial charge in [-0.15, -0.1) is 0 Å². The average Bonchev–Trinajstić information content (AvgIpc) is 2.25. The number of anilines is 1. The van der Waals surface area contributed by atoms with Crippen molar-refractivity contribution in [2.75, 3.05) is 18.0 Å². The second-order valence-electron chi connectivity index (χ2n) is 3.58. The molecule has 0 atom stereocenters. The molecule has 4 heteroatoms. The summed E-state index contributed by atoms with van der Waals surface area (Å²) in [6, 6.07) is 5.76. The van der Waals surface area contributed by atoms with Crippen LogP contribution in [0.2, 0.25) is 5.02 Å². The van der Waals surface area contributed by atoms with Crippen molar-refractivity contribution in [1.82, 2.24) is 0 Å². The van der Waals surface area contributed by atoms with E-state index < -0.39 is 0 Å². The first-order valence-corrected chi connectivity index (χ1v) is 6.23. The van der Waals surface area contributed by atoms with Gasteiger partial charge in [0.05, 0.1) is 10.6 Å². The molecule has 2 N–H and O–H groups in total. The first-order valence-electron chi connectivity index (χ1n) is 5.45. The molecule has 0 unspecified atom stereocenters. The van der Waals surface area contributed by atoms with Gasteiger partial charge in [0.1, 0.15) is 4.99 Å². The van der Waals surface area contributed by atoms with E-state index in [0.29, 0.717) is 10.0 Å². The van der Waals surface area contributed by atoms with Crippen LogP contribution in [0.25, 0.3) is 0 Å². The summed E-state index contributed by atoms with van der Waals surface area (Å²) < 4.78 is 0. The Hall–Kier alpha value is -0.800. The summed E-state index contributed by atoms with van der Waals surface area (Å²) in [4.78, 5) is 2.59. The van der Waals surface area contributed by atoms with Gasteiger partial charge in [-0.05, 0) is 25.5 Å². The minimum absolute atomic E-state index is 0.357. The van der Waals surface area contributed by atoms with Crippen LogP contribution in [0.1, 0.15) is 25.8 Å². The first-order chi connectivity index (χ1) is 7.61. The predicted molar refractivity (Wildman–Crippen MR) is 75.5 cm³/mol. The van der Waals surface area contributed by atoms with E-state index in [-0.39, 0.29) is 0 Å². The van der Waals surface area contributed by atoms with Crippen molar-refractivity contribution in [2.24, 2.45) is 5.73 Å². The number of nitrogens with two attached hydrogens (primary N) is 1. The van der Waals surface area contributed by atoms with Crippen LogP contribution in [0.5, 0.6) is 0 Å². The topological polar surface area (TPSA) is 29.3 Å². The van der Waals surface area contributed by atoms with Gasteiger partial charge in [-0.3, -0.25) is 0 Å². The van der Waals surface area contributed by atoms with Gasteiger partial charge in [0.25, 0.3) is 0 Å². The Morgan fingerprint density at radius 1 is 1.44 bits per heavy atom. The highest BCUT2D eigenvalue weighted by Gasteiger charge is 2.13. The molecule has 0 aliphatic rings. The number of thiocarbonyl (C=S) groups is 1. The van der Waals surface area contributed by atoms with Crippen molar-refractivity contribution in [1.29, 1.82) is 0 Å². The molecule has 0 fully saturated rings. The number of halogens is 1. The molecule has 1 aromatic rings.